The van der Waals surface area contributed by atoms with Gasteiger partial charge in [-0.05, 0) is 18.6 Å². The van der Waals surface area contributed by atoms with Gasteiger partial charge < -0.3 is 19.8 Å². The van der Waals surface area contributed by atoms with E-state index in [2.05, 4.69) is 4.74 Å². The molecule has 0 saturated carbocycles. The quantitative estimate of drug-likeness (QED) is 0.878. The van der Waals surface area contributed by atoms with Crippen molar-refractivity contribution >= 4 is 11.7 Å². The molecule has 0 bridgehead atoms. The molecule has 0 fully saturated rings. The van der Waals surface area contributed by atoms with Crippen molar-refractivity contribution in [3.63, 3.8) is 0 Å². The number of nitrogens with zero attached hydrogens (tertiary/aromatic N) is 2. The number of esters is 1. The zero-order valence-electron chi connectivity index (χ0n) is 12.3. The maximum Gasteiger partial charge on any atom is 0.357 e. The van der Waals surface area contributed by atoms with Crippen molar-refractivity contribution in [1.29, 1.82) is 5.26 Å². The van der Waals surface area contributed by atoms with E-state index in [1.54, 1.807) is 6.92 Å². The van der Waals surface area contributed by atoms with E-state index in [0.717, 1.165) is 0 Å². The highest BCUT2D eigenvalue weighted by molar-refractivity contribution is 5.96. The van der Waals surface area contributed by atoms with Gasteiger partial charge in [0, 0.05) is 12.3 Å². The molecule has 2 N–H and O–H groups in total. The number of rotatable bonds is 3. The van der Waals surface area contributed by atoms with Crippen LogP contribution in [0.2, 0.25) is 0 Å². The Morgan fingerprint density at radius 1 is 1.41 bits per heavy atom. The fourth-order valence-corrected chi connectivity index (χ4v) is 2.10. The van der Waals surface area contributed by atoms with Gasteiger partial charge in [0.15, 0.2) is 5.69 Å². The molecule has 0 unspecified atom stereocenters. The number of halogens is 1. The third-order valence-corrected chi connectivity index (χ3v) is 3.26. The zero-order valence-corrected chi connectivity index (χ0v) is 12.3. The summed E-state index contributed by atoms with van der Waals surface area (Å²) in [5.41, 5.74) is 6.45. The average Bonchev–Trinajstić information content (AvgIpc) is 2.85. The first-order chi connectivity index (χ1) is 10.4. The van der Waals surface area contributed by atoms with Crippen LogP contribution in [-0.2, 0) is 4.74 Å². The first-order valence-electron chi connectivity index (χ1n) is 6.28. The predicted octanol–water partition coefficient (Wildman–Crippen LogP) is 2.17. The molecular weight excluding hydrogens is 289 g/mol. The summed E-state index contributed by atoms with van der Waals surface area (Å²) in [5.74, 6) is -0.872. The number of carbonyl (C=O) groups is 1. The minimum absolute atomic E-state index is 0.0302. The lowest BCUT2D eigenvalue weighted by Gasteiger charge is -2.13. The van der Waals surface area contributed by atoms with Crippen molar-refractivity contribution < 1.29 is 18.7 Å². The van der Waals surface area contributed by atoms with Gasteiger partial charge in [-0.1, -0.05) is 0 Å². The van der Waals surface area contributed by atoms with Crippen LogP contribution < -0.4 is 10.5 Å². The Morgan fingerprint density at radius 3 is 2.64 bits per heavy atom. The number of nitriles is 1. The highest BCUT2D eigenvalue weighted by atomic mass is 19.1. The molecule has 0 atom stereocenters. The van der Waals surface area contributed by atoms with Crippen LogP contribution in [0.15, 0.2) is 18.3 Å². The zero-order chi connectivity index (χ0) is 16.4. The maximum absolute atomic E-state index is 13.9. The van der Waals surface area contributed by atoms with Crippen LogP contribution in [0.3, 0.4) is 0 Å². The first-order valence-corrected chi connectivity index (χ1v) is 6.28. The molecule has 22 heavy (non-hydrogen) atoms. The van der Waals surface area contributed by atoms with E-state index in [1.165, 1.54) is 37.1 Å². The molecule has 6 nitrogen and oxygen atoms in total. The van der Waals surface area contributed by atoms with Crippen molar-refractivity contribution in [3.05, 3.63) is 41.0 Å². The van der Waals surface area contributed by atoms with Gasteiger partial charge in [-0.2, -0.15) is 5.26 Å². The molecule has 7 heteroatoms. The number of nitrogens with two attached hydrogens (primary N) is 1. The van der Waals surface area contributed by atoms with Crippen molar-refractivity contribution in [2.75, 3.05) is 20.0 Å². The smallest absolute Gasteiger partial charge is 0.357 e. The molecule has 0 saturated heterocycles. The van der Waals surface area contributed by atoms with Gasteiger partial charge in [0.05, 0.1) is 31.2 Å². The molecule has 0 amide bonds. The number of ether oxygens (including phenoxy) is 2. The molecule has 1 heterocycles. The monoisotopic (exact) mass is 303 g/mol. The third kappa shape index (κ3) is 2.35. The Kier molecular flexibility index (Phi) is 4.04. The number of benzene rings is 1. The summed E-state index contributed by atoms with van der Waals surface area (Å²) in [6, 6.07) is 4.58. The number of methoxy groups -OCH3 is 2. The summed E-state index contributed by atoms with van der Waals surface area (Å²) < 4.78 is 25.1. The Morgan fingerprint density at radius 2 is 2.09 bits per heavy atom. The molecule has 1 aromatic carbocycles. The summed E-state index contributed by atoms with van der Waals surface area (Å²) in [5, 5.41) is 9.08. The lowest BCUT2D eigenvalue weighted by atomic mass is 10.2. The standard InChI is InChI=1S/C15H14FN3O3/c1-8-4-12(21-2)11(5-10(8)16)19-7-9(6-17)13(18)14(19)15(20)22-3/h4-5,7H,18H2,1-3H3. The second kappa shape index (κ2) is 5.77. The summed E-state index contributed by atoms with van der Waals surface area (Å²) in [6.45, 7) is 1.59. The normalized spacial score (nSPS) is 10.1. The van der Waals surface area contributed by atoms with E-state index in [0.29, 0.717) is 11.3 Å². The van der Waals surface area contributed by atoms with Gasteiger partial charge >= 0.3 is 5.97 Å². The van der Waals surface area contributed by atoms with Crippen LogP contribution in [0, 0.1) is 24.1 Å². The van der Waals surface area contributed by atoms with Crippen LogP contribution in [0.5, 0.6) is 5.75 Å². The summed E-state index contributed by atoms with van der Waals surface area (Å²) >= 11 is 0. The highest BCUT2D eigenvalue weighted by Crippen LogP contribution is 2.31. The molecule has 0 radical (unpaired) electrons. The number of nitrogen functional groups attached to an aromatic ring is 1. The number of aromatic nitrogens is 1. The van der Waals surface area contributed by atoms with E-state index in [1.807, 2.05) is 6.07 Å². The maximum atomic E-state index is 13.9. The van der Waals surface area contributed by atoms with Gasteiger partial charge in [-0.15, -0.1) is 0 Å². The van der Waals surface area contributed by atoms with Gasteiger partial charge in [0.1, 0.15) is 17.6 Å². The molecule has 1 aromatic heterocycles. The Balaban J connectivity index is 2.81. The van der Waals surface area contributed by atoms with Crippen molar-refractivity contribution in [3.8, 4) is 17.5 Å². The largest absolute Gasteiger partial charge is 0.495 e. The van der Waals surface area contributed by atoms with Crippen LogP contribution >= 0.6 is 0 Å². The Bertz CT molecular complexity index is 790. The molecule has 0 aliphatic carbocycles. The van der Waals surface area contributed by atoms with E-state index >= 15 is 0 Å². The second-order valence-electron chi connectivity index (χ2n) is 4.55. The first kappa shape index (κ1) is 15.4. The number of anilines is 1. The molecule has 0 spiro atoms. The van der Waals surface area contributed by atoms with Crippen LogP contribution in [0.4, 0.5) is 10.1 Å². The van der Waals surface area contributed by atoms with Crippen molar-refractivity contribution in [1.82, 2.24) is 4.57 Å². The summed E-state index contributed by atoms with van der Waals surface area (Å²) in [6.07, 6.45) is 1.34. The van der Waals surface area contributed by atoms with Gasteiger partial charge in [-0.3, -0.25) is 0 Å². The van der Waals surface area contributed by atoms with Gasteiger partial charge in [0.25, 0.3) is 0 Å². The molecule has 0 aliphatic rings. The van der Waals surface area contributed by atoms with Crippen LogP contribution in [-0.4, -0.2) is 24.8 Å². The van der Waals surface area contributed by atoms with E-state index in [-0.39, 0.29) is 22.6 Å². The molecule has 2 rings (SSSR count). The van der Waals surface area contributed by atoms with Crippen LogP contribution in [0.25, 0.3) is 5.69 Å². The number of carbonyl (C=O) groups excluding carboxylic acids is 1. The van der Waals surface area contributed by atoms with Gasteiger partial charge in [0.2, 0.25) is 0 Å². The van der Waals surface area contributed by atoms with Crippen LogP contribution in [0.1, 0.15) is 21.6 Å². The molecular formula is C15H14FN3O3. The lowest BCUT2D eigenvalue weighted by molar-refractivity contribution is 0.0593. The van der Waals surface area contributed by atoms with E-state index < -0.39 is 11.8 Å². The fraction of sp³-hybridized carbons (Fsp3) is 0.200. The van der Waals surface area contributed by atoms with Crippen molar-refractivity contribution in [2.24, 2.45) is 0 Å². The predicted molar refractivity (Wildman–Crippen MR) is 77.5 cm³/mol. The van der Waals surface area contributed by atoms with Gasteiger partial charge in [-0.25, -0.2) is 9.18 Å². The summed E-state index contributed by atoms with van der Waals surface area (Å²) in [4.78, 5) is 11.9. The SMILES string of the molecule is COC(=O)c1c(N)c(C#N)cn1-c1cc(F)c(C)cc1OC. The second-order valence-corrected chi connectivity index (χ2v) is 4.55. The molecule has 2 aromatic rings. The lowest BCUT2D eigenvalue weighted by Crippen LogP contribution is -2.12. The average molecular weight is 303 g/mol. The minimum atomic E-state index is -0.734. The number of hydrogen-bond acceptors (Lipinski definition) is 5. The molecule has 0 aliphatic heterocycles. The van der Waals surface area contributed by atoms with E-state index in [4.69, 9.17) is 15.7 Å². The highest BCUT2D eigenvalue weighted by Gasteiger charge is 2.24. The Labute approximate surface area is 126 Å². The summed E-state index contributed by atoms with van der Waals surface area (Å²) in [7, 11) is 2.62. The topological polar surface area (TPSA) is 90.3 Å². The minimum Gasteiger partial charge on any atom is -0.495 e. The third-order valence-electron chi connectivity index (χ3n) is 3.26. The fourth-order valence-electron chi connectivity index (χ4n) is 2.10. The van der Waals surface area contributed by atoms with E-state index in [9.17, 15) is 9.18 Å². The number of aryl methyl sites for hydroxylation is 1. The number of hydrogen-bond donors (Lipinski definition) is 1. The van der Waals surface area contributed by atoms with Crippen molar-refractivity contribution in [2.45, 2.75) is 6.92 Å². The Hall–Kier alpha value is -3.01. The molecule has 114 valence electrons.